The molecule has 0 amide bonds. The lowest BCUT2D eigenvalue weighted by molar-refractivity contribution is 0.362. The van der Waals surface area contributed by atoms with E-state index in [2.05, 4.69) is 52.2 Å². The molecule has 82 valence electrons. The number of benzene rings is 1. The largest absolute Gasteiger partial charge is 0.327 e. The summed E-state index contributed by atoms with van der Waals surface area (Å²) >= 11 is 3.54. The molecule has 0 unspecified atom stereocenters. The number of halogens is 1. The second-order valence-electron chi connectivity index (χ2n) is 3.50. The first-order valence-corrected chi connectivity index (χ1v) is 5.80. The van der Waals surface area contributed by atoms with Gasteiger partial charge in [0, 0.05) is 24.1 Å². The maximum Gasteiger partial charge on any atom is 0.0245 e. The Morgan fingerprint density at radius 3 is 2.73 bits per heavy atom. The number of rotatable bonds is 5. The van der Waals surface area contributed by atoms with Crippen LogP contribution in [-0.2, 0) is 6.54 Å². The van der Waals surface area contributed by atoms with Gasteiger partial charge >= 0.3 is 0 Å². The monoisotopic (exact) mass is 268 g/mol. The summed E-state index contributed by atoms with van der Waals surface area (Å²) in [6, 6.07) is 8.29. The number of hydrogen-bond acceptors (Lipinski definition) is 2. The van der Waals surface area contributed by atoms with Crippen molar-refractivity contribution < 1.29 is 0 Å². The van der Waals surface area contributed by atoms with Crippen molar-refractivity contribution in [3.63, 3.8) is 0 Å². The Bertz CT molecular complexity index is 323. The Morgan fingerprint density at radius 1 is 1.33 bits per heavy atom. The van der Waals surface area contributed by atoms with Gasteiger partial charge in [-0.15, -0.1) is 0 Å². The van der Waals surface area contributed by atoms with E-state index in [9.17, 15) is 0 Å². The molecular formula is C12H17BrN2. The van der Waals surface area contributed by atoms with E-state index in [4.69, 9.17) is 5.73 Å². The number of nitrogens with two attached hydrogens (primary N) is 1. The fourth-order valence-electron chi connectivity index (χ4n) is 1.33. The summed E-state index contributed by atoms with van der Waals surface area (Å²) in [6.07, 6.45) is 4.08. The van der Waals surface area contributed by atoms with Crippen LogP contribution in [0.3, 0.4) is 0 Å². The van der Waals surface area contributed by atoms with Gasteiger partial charge in [0.25, 0.3) is 0 Å². The Hall–Kier alpha value is -0.640. The molecule has 0 aliphatic heterocycles. The summed E-state index contributed by atoms with van der Waals surface area (Å²) < 4.78 is 1.17. The van der Waals surface area contributed by atoms with Gasteiger partial charge in [0.15, 0.2) is 0 Å². The van der Waals surface area contributed by atoms with Crippen molar-refractivity contribution in [2.75, 3.05) is 20.1 Å². The highest BCUT2D eigenvalue weighted by Gasteiger charge is 2.01. The van der Waals surface area contributed by atoms with Crippen LogP contribution in [0.25, 0.3) is 0 Å². The van der Waals surface area contributed by atoms with E-state index in [1.165, 1.54) is 10.0 Å². The van der Waals surface area contributed by atoms with Crippen LogP contribution in [0.2, 0.25) is 0 Å². The molecule has 0 spiro atoms. The minimum Gasteiger partial charge on any atom is -0.327 e. The van der Waals surface area contributed by atoms with Crippen molar-refractivity contribution in [3.05, 3.63) is 46.5 Å². The van der Waals surface area contributed by atoms with Crippen LogP contribution in [0.5, 0.6) is 0 Å². The van der Waals surface area contributed by atoms with Gasteiger partial charge in [-0.2, -0.15) is 0 Å². The number of likely N-dealkylation sites (N-methyl/N-ethyl adjacent to an activating group) is 1. The van der Waals surface area contributed by atoms with Crippen LogP contribution in [0.15, 0.2) is 40.9 Å². The standard InChI is InChI=1S/C12H17BrN2/c1-15(9-5-4-8-14)10-11-6-2-3-7-12(11)13/h2-7H,8-10,14H2,1H3. The highest BCUT2D eigenvalue weighted by molar-refractivity contribution is 9.10. The molecule has 0 fully saturated rings. The summed E-state index contributed by atoms with van der Waals surface area (Å²) in [5.41, 5.74) is 6.69. The summed E-state index contributed by atoms with van der Waals surface area (Å²) in [6.45, 7) is 2.48. The minimum absolute atomic E-state index is 0.614. The lowest BCUT2D eigenvalue weighted by Gasteiger charge is -2.15. The molecule has 0 radical (unpaired) electrons. The van der Waals surface area contributed by atoms with Gasteiger partial charge < -0.3 is 5.73 Å². The summed E-state index contributed by atoms with van der Waals surface area (Å²) in [7, 11) is 2.10. The zero-order valence-corrected chi connectivity index (χ0v) is 10.6. The van der Waals surface area contributed by atoms with Crippen molar-refractivity contribution in [3.8, 4) is 0 Å². The van der Waals surface area contributed by atoms with Gasteiger partial charge in [-0.25, -0.2) is 0 Å². The maximum absolute atomic E-state index is 5.38. The van der Waals surface area contributed by atoms with E-state index in [-0.39, 0.29) is 0 Å². The predicted molar refractivity (Wildman–Crippen MR) is 68.7 cm³/mol. The molecule has 0 saturated carbocycles. The SMILES string of the molecule is CN(CC=CCN)Cc1ccccc1Br. The first-order chi connectivity index (χ1) is 7.24. The average molecular weight is 269 g/mol. The van der Waals surface area contributed by atoms with Crippen molar-refractivity contribution in [2.24, 2.45) is 5.73 Å². The van der Waals surface area contributed by atoms with Gasteiger partial charge in [-0.1, -0.05) is 46.3 Å². The van der Waals surface area contributed by atoms with Crippen LogP contribution in [0, 0.1) is 0 Å². The first kappa shape index (κ1) is 12.4. The van der Waals surface area contributed by atoms with Crippen LogP contribution < -0.4 is 5.73 Å². The molecule has 0 aliphatic carbocycles. The predicted octanol–water partition coefficient (Wildman–Crippen LogP) is 2.40. The lowest BCUT2D eigenvalue weighted by Crippen LogP contribution is -2.18. The third-order valence-electron chi connectivity index (χ3n) is 2.12. The molecule has 0 atom stereocenters. The molecule has 0 aromatic heterocycles. The van der Waals surface area contributed by atoms with E-state index >= 15 is 0 Å². The lowest BCUT2D eigenvalue weighted by atomic mass is 10.2. The highest BCUT2D eigenvalue weighted by Crippen LogP contribution is 2.16. The molecule has 0 saturated heterocycles. The average Bonchev–Trinajstić information content (AvgIpc) is 2.22. The normalized spacial score (nSPS) is 11.5. The smallest absolute Gasteiger partial charge is 0.0245 e. The summed E-state index contributed by atoms with van der Waals surface area (Å²) in [4.78, 5) is 2.24. The molecule has 2 N–H and O–H groups in total. The molecular weight excluding hydrogens is 252 g/mol. The van der Waals surface area contributed by atoms with E-state index in [0.717, 1.165) is 13.1 Å². The molecule has 0 bridgehead atoms. The quantitative estimate of drug-likeness (QED) is 0.832. The maximum atomic E-state index is 5.38. The van der Waals surface area contributed by atoms with Crippen LogP contribution in [0.4, 0.5) is 0 Å². The summed E-state index contributed by atoms with van der Waals surface area (Å²) in [5, 5.41) is 0. The zero-order valence-electron chi connectivity index (χ0n) is 8.99. The van der Waals surface area contributed by atoms with Crippen molar-refractivity contribution in [1.29, 1.82) is 0 Å². The van der Waals surface area contributed by atoms with Gasteiger partial charge in [0.2, 0.25) is 0 Å². The topological polar surface area (TPSA) is 29.3 Å². The minimum atomic E-state index is 0.614. The van der Waals surface area contributed by atoms with E-state index < -0.39 is 0 Å². The third kappa shape index (κ3) is 4.60. The molecule has 1 rings (SSSR count). The van der Waals surface area contributed by atoms with Crippen LogP contribution >= 0.6 is 15.9 Å². The Balaban J connectivity index is 2.47. The molecule has 1 aromatic carbocycles. The molecule has 3 heteroatoms. The van der Waals surface area contributed by atoms with Crippen LogP contribution in [0.1, 0.15) is 5.56 Å². The molecule has 0 aliphatic rings. The fourth-order valence-corrected chi connectivity index (χ4v) is 1.74. The first-order valence-electron chi connectivity index (χ1n) is 5.01. The fraction of sp³-hybridized carbons (Fsp3) is 0.333. The highest BCUT2D eigenvalue weighted by atomic mass is 79.9. The zero-order chi connectivity index (χ0) is 11.1. The third-order valence-corrected chi connectivity index (χ3v) is 2.89. The van der Waals surface area contributed by atoms with Crippen molar-refractivity contribution >= 4 is 15.9 Å². The Kier molecular flexibility index (Phi) is 5.61. The van der Waals surface area contributed by atoms with E-state index in [1.807, 2.05) is 12.1 Å². The number of hydrogen-bond donors (Lipinski definition) is 1. The molecule has 1 aromatic rings. The van der Waals surface area contributed by atoms with Gasteiger partial charge in [0.1, 0.15) is 0 Å². The Labute approximate surface area is 99.9 Å². The molecule has 2 nitrogen and oxygen atoms in total. The number of nitrogens with zero attached hydrogens (tertiary/aromatic N) is 1. The van der Waals surface area contributed by atoms with Crippen molar-refractivity contribution in [1.82, 2.24) is 4.90 Å². The van der Waals surface area contributed by atoms with Crippen LogP contribution in [-0.4, -0.2) is 25.0 Å². The second-order valence-corrected chi connectivity index (χ2v) is 4.35. The summed E-state index contributed by atoms with van der Waals surface area (Å²) in [5.74, 6) is 0. The Morgan fingerprint density at radius 2 is 2.07 bits per heavy atom. The van der Waals surface area contributed by atoms with E-state index in [1.54, 1.807) is 0 Å². The second kappa shape index (κ2) is 6.77. The van der Waals surface area contributed by atoms with E-state index in [0.29, 0.717) is 6.54 Å². The molecule has 0 heterocycles. The molecule has 15 heavy (non-hydrogen) atoms. The van der Waals surface area contributed by atoms with Gasteiger partial charge in [0.05, 0.1) is 0 Å². The van der Waals surface area contributed by atoms with Gasteiger partial charge in [-0.05, 0) is 18.7 Å². The van der Waals surface area contributed by atoms with Gasteiger partial charge in [-0.3, -0.25) is 4.90 Å². The van der Waals surface area contributed by atoms with Crippen molar-refractivity contribution in [2.45, 2.75) is 6.54 Å².